The van der Waals surface area contributed by atoms with E-state index in [-0.39, 0.29) is 5.82 Å². The number of methoxy groups -OCH3 is 1. The maximum Gasteiger partial charge on any atom is 0.148 e. The number of benzene rings is 1. The first-order chi connectivity index (χ1) is 10.2. The highest BCUT2D eigenvalue weighted by Crippen LogP contribution is 2.28. The zero-order chi connectivity index (χ0) is 15.1. The largest absolute Gasteiger partial charge is 0.455 e. The van der Waals surface area contributed by atoms with Crippen molar-refractivity contribution in [1.29, 1.82) is 0 Å². The first kappa shape index (κ1) is 15.4. The van der Waals surface area contributed by atoms with E-state index in [0.717, 1.165) is 5.69 Å². The third-order valence-corrected chi connectivity index (χ3v) is 3.04. The van der Waals surface area contributed by atoms with E-state index in [9.17, 15) is 4.39 Å². The summed E-state index contributed by atoms with van der Waals surface area (Å²) >= 11 is 0. The third-order valence-electron chi connectivity index (χ3n) is 3.04. The maximum atomic E-state index is 14.0. The lowest BCUT2D eigenvalue weighted by molar-refractivity contribution is 0.199. The van der Waals surface area contributed by atoms with Crippen LogP contribution >= 0.6 is 0 Å². The standard InChI is InChI=1S/C16H19FN2O2/c1-12-15(7-4-8-19-12)21-16-6-3-5-14(17)13(16)11-18-9-10-20-2/h3-8,18H,9-11H2,1-2H3. The topological polar surface area (TPSA) is 43.4 Å². The molecule has 0 bridgehead atoms. The lowest BCUT2D eigenvalue weighted by atomic mass is 10.2. The van der Waals surface area contributed by atoms with Crippen LogP contribution < -0.4 is 10.1 Å². The van der Waals surface area contributed by atoms with Gasteiger partial charge in [-0.15, -0.1) is 0 Å². The summed E-state index contributed by atoms with van der Waals surface area (Å²) in [7, 11) is 1.63. The molecule has 0 aliphatic carbocycles. The van der Waals surface area contributed by atoms with Gasteiger partial charge in [0, 0.05) is 32.0 Å². The number of ether oxygens (including phenoxy) is 2. The molecule has 0 amide bonds. The fraction of sp³-hybridized carbons (Fsp3) is 0.312. The second-order valence-electron chi connectivity index (χ2n) is 4.58. The van der Waals surface area contributed by atoms with Crippen LogP contribution in [0.1, 0.15) is 11.3 Å². The van der Waals surface area contributed by atoms with E-state index in [1.807, 2.05) is 13.0 Å². The van der Waals surface area contributed by atoms with Crippen molar-refractivity contribution in [2.24, 2.45) is 0 Å². The maximum absolute atomic E-state index is 14.0. The zero-order valence-electron chi connectivity index (χ0n) is 12.2. The molecule has 0 aliphatic heterocycles. The molecule has 1 heterocycles. The van der Waals surface area contributed by atoms with Gasteiger partial charge < -0.3 is 14.8 Å². The van der Waals surface area contributed by atoms with Gasteiger partial charge in [0.05, 0.1) is 12.3 Å². The van der Waals surface area contributed by atoms with Crippen molar-refractivity contribution in [3.63, 3.8) is 0 Å². The molecular weight excluding hydrogens is 271 g/mol. The van der Waals surface area contributed by atoms with Gasteiger partial charge in [-0.05, 0) is 31.2 Å². The minimum absolute atomic E-state index is 0.293. The lowest BCUT2D eigenvalue weighted by Crippen LogP contribution is -2.19. The van der Waals surface area contributed by atoms with Gasteiger partial charge >= 0.3 is 0 Å². The predicted octanol–water partition coefficient (Wildman–Crippen LogP) is 3.06. The molecule has 0 aliphatic rings. The Hall–Kier alpha value is -1.98. The minimum atomic E-state index is -0.293. The first-order valence-corrected chi connectivity index (χ1v) is 6.79. The number of aryl methyl sites for hydroxylation is 1. The van der Waals surface area contributed by atoms with Crippen molar-refractivity contribution in [2.45, 2.75) is 13.5 Å². The predicted molar refractivity (Wildman–Crippen MR) is 79.0 cm³/mol. The Morgan fingerprint density at radius 2 is 2.00 bits per heavy atom. The Bertz CT molecular complexity index is 590. The normalized spacial score (nSPS) is 10.6. The molecule has 1 aromatic heterocycles. The van der Waals surface area contributed by atoms with Gasteiger partial charge in [0.25, 0.3) is 0 Å². The SMILES string of the molecule is COCCNCc1c(F)cccc1Oc1cccnc1C. The van der Waals surface area contributed by atoms with Gasteiger partial charge in [0.1, 0.15) is 17.3 Å². The number of halogens is 1. The van der Waals surface area contributed by atoms with Crippen molar-refractivity contribution >= 4 is 0 Å². The van der Waals surface area contributed by atoms with Crippen molar-refractivity contribution in [2.75, 3.05) is 20.3 Å². The van der Waals surface area contributed by atoms with Crippen LogP contribution in [0.15, 0.2) is 36.5 Å². The van der Waals surface area contributed by atoms with Crippen LogP contribution in [0.3, 0.4) is 0 Å². The van der Waals surface area contributed by atoms with E-state index in [1.165, 1.54) is 6.07 Å². The molecule has 2 aromatic rings. The summed E-state index contributed by atoms with van der Waals surface area (Å²) in [5.41, 5.74) is 1.26. The van der Waals surface area contributed by atoms with Crippen LogP contribution in [0, 0.1) is 12.7 Å². The van der Waals surface area contributed by atoms with Crippen molar-refractivity contribution in [3.05, 3.63) is 53.6 Å². The first-order valence-electron chi connectivity index (χ1n) is 6.79. The molecule has 0 unspecified atom stereocenters. The zero-order valence-corrected chi connectivity index (χ0v) is 12.2. The van der Waals surface area contributed by atoms with E-state index in [1.54, 1.807) is 31.5 Å². The molecular formula is C16H19FN2O2. The molecule has 0 saturated carbocycles. The fourth-order valence-corrected chi connectivity index (χ4v) is 1.89. The fourth-order valence-electron chi connectivity index (χ4n) is 1.89. The number of rotatable bonds is 7. The van der Waals surface area contributed by atoms with E-state index in [4.69, 9.17) is 9.47 Å². The Morgan fingerprint density at radius 3 is 2.76 bits per heavy atom. The summed E-state index contributed by atoms with van der Waals surface area (Å²) in [6, 6.07) is 8.42. The molecule has 0 fully saturated rings. The van der Waals surface area contributed by atoms with Crippen LogP contribution in [0.2, 0.25) is 0 Å². The average molecular weight is 290 g/mol. The van der Waals surface area contributed by atoms with Gasteiger partial charge in [-0.1, -0.05) is 6.07 Å². The Labute approximate surface area is 123 Å². The summed E-state index contributed by atoms with van der Waals surface area (Å²) in [5.74, 6) is 0.830. The molecule has 0 radical (unpaired) electrons. The number of nitrogens with one attached hydrogen (secondary N) is 1. The van der Waals surface area contributed by atoms with Crippen LogP contribution in [0.5, 0.6) is 11.5 Å². The van der Waals surface area contributed by atoms with Crippen molar-refractivity contribution in [3.8, 4) is 11.5 Å². The molecule has 1 N–H and O–H groups in total. The summed E-state index contributed by atoms with van der Waals surface area (Å²) in [4.78, 5) is 4.16. The second kappa shape index (κ2) is 7.71. The lowest BCUT2D eigenvalue weighted by Gasteiger charge is -2.13. The molecule has 0 saturated heterocycles. The van der Waals surface area contributed by atoms with Gasteiger partial charge in [-0.25, -0.2) is 4.39 Å². The average Bonchev–Trinajstić information content (AvgIpc) is 2.48. The summed E-state index contributed by atoms with van der Waals surface area (Å²) in [6.45, 7) is 3.46. The number of hydrogen-bond acceptors (Lipinski definition) is 4. The summed E-state index contributed by atoms with van der Waals surface area (Å²) < 4.78 is 24.8. The summed E-state index contributed by atoms with van der Waals surface area (Å²) in [5, 5.41) is 3.12. The number of nitrogens with zero attached hydrogens (tertiary/aromatic N) is 1. The van der Waals surface area contributed by atoms with Crippen LogP contribution in [-0.4, -0.2) is 25.2 Å². The van der Waals surface area contributed by atoms with E-state index >= 15 is 0 Å². The highest BCUT2D eigenvalue weighted by atomic mass is 19.1. The Balaban J connectivity index is 2.15. The van der Waals surface area contributed by atoms with E-state index in [2.05, 4.69) is 10.3 Å². The van der Waals surface area contributed by atoms with Gasteiger partial charge in [0.15, 0.2) is 0 Å². The molecule has 112 valence electrons. The van der Waals surface area contributed by atoms with Gasteiger partial charge in [0.2, 0.25) is 0 Å². The van der Waals surface area contributed by atoms with E-state index < -0.39 is 0 Å². The third kappa shape index (κ3) is 4.24. The minimum Gasteiger partial charge on any atom is -0.455 e. The monoisotopic (exact) mass is 290 g/mol. The molecule has 0 spiro atoms. The molecule has 0 atom stereocenters. The van der Waals surface area contributed by atoms with E-state index in [0.29, 0.717) is 36.8 Å². The Morgan fingerprint density at radius 1 is 1.19 bits per heavy atom. The van der Waals surface area contributed by atoms with Gasteiger partial charge in [-0.3, -0.25) is 4.98 Å². The van der Waals surface area contributed by atoms with Crippen LogP contribution in [0.4, 0.5) is 4.39 Å². The number of aromatic nitrogens is 1. The molecule has 5 heteroatoms. The van der Waals surface area contributed by atoms with Crippen LogP contribution in [0.25, 0.3) is 0 Å². The molecule has 2 rings (SSSR count). The van der Waals surface area contributed by atoms with Gasteiger partial charge in [-0.2, -0.15) is 0 Å². The highest BCUT2D eigenvalue weighted by molar-refractivity contribution is 5.39. The smallest absolute Gasteiger partial charge is 0.148 e. The van der Waals surface area contributed by atoms with Crippen molar-refractivity contribution in [1.82, 2.24) is 10.3 Å². The Kier molecular flexibility index (Phi) is 5.66. The molecule has 4 nitrogen and oxygen atoms in total. The van der Waals surface area contributed by atoms with Crippen LogP contribution in [-0.2, 0) is 11.3 Å². The quantitative estimate of drug-likeness (QED) is 0.796. The second-order valence-corrected chi connectivity index (χ2v) is 4.58. The molecule has 21 heavy (non-hydrogen) atoms. The molecule has 1 aromatic carbocycles. The highest BCUT2D eigenvalue weighted by Gasteiger charge is 2.11. The summed E-state index contributed by atoms with van der Waals surface area (Å²) in [6.07, 6.45) is 1.70. The van der Waals surface area contributed by atoms with Crippen molar-refractivity contribution < 1.29 is 13.9 Å². The number of hydrogen-bond donors (Lipinski definition) is 1. The number of pyridine rings is 1.